The number of hydrogen-bond donors (Lipinski definition) is 1. The first-order valence-corrected chi connectivity index (χ1v) is 7.31. The van der Waals surface area contributed by atoms with Gasteiger partial charge in [0, 0.05) is 32.7 Å². The molecular formula is C16H11BrClNO. The summed E-state index contributed by atoms with van der Waals surface area (Å²) in [5.74, 6) is -0.0249. The summed E-state index contributed by atoms with van der Waals surface area (Å²) in [6.45, 7) is 1.93. The molecule has 0 bridgehead atoms. The van der Waals surface area contributed by atoms with Gasteiger partial charge in [0.25, 0.3) is 0 Å². The summed E-state index contributed by atoms with van der Waals surface area (Å²) in [5, 5.41) is 1.36. The number of hydrogen-bond acceptors (Lipinski definition) is 1. The van der Waals surface area contributed by atoms with Crippen LogP contribution in [0.25, 0.3) is 10.9 Å². The normalized spacial score (nSPS) is 10.9. The smallest absolute Gasteiger partial charge is 0.195 e. The highest BCUT2D eigenvalue weighted by molar-refractivity contribution is 9.10. The Hall–Kier alpha value is -1.58. The Kier molecular flexibility index (Phi) is 3.40. The average Bonchev–Trinajstić information content (AvgIpc) is 2.86. The first-order valence-electron chi connectivity index (χ1n) is 6.14. The quantitative estimate of drug-likeness (QED) is 0.640. The van der Waals surface area contributed by atoms with Crippen molar-refractivity contribution in [1.82, 2.24) is 4.98 Å². The number of carbonyl (C=O) groups is 1. The molecule has 100 valence electrons. The van der Waals surface area contributed by atoms with Gasteiger partial charge in [0.1, 0.15) is 0 Å². The van der Waals surface area contributed by atoms with E-state index in [0.29, 0.717) is 16.1 Å². The minimum Gasteiger partial charge on any atom is -0.360 e. The predicted octanol–water partition coefficient (Wildman–Crippen LogP) is 5.12. The number of halogens is 2. The summed E-state index contributed by atoms with van der Waals surface area (Å²) >= 11 is 9.63. The van der Waals surface area contributed by atoms with Crippen molar-refractivity contribution in [3.63, 3.8) is 0 Å². The summed E-state index contributed by atoms with van der Waals surface area (Å²) in [5.41, 5.74) is 3.10. The Balaban J connectivity index is 2.21. The maximum absolute atomic E-state index is 12.7. The SMILES string of the molecule is Cc1ccc(Br)cc1C(=O)c1c[nH]c2cccc(Cl)c12. The van der Waals surface area contributed by atoms with Crippen LogP contribution in [0.15, 0.2) is 47.1 Å². The lowest BCUT2D eigenvalue weighted by atomic mass is 9.99. The Bertz CT molecular complexity index is 822. The van der Waals surface area contributed by atoms with Crippen LogP contribution >= 0.6 is 27.5 Å². The Morgan fingerprint density at radius 2 is 2.00 bits per heavy atom. The number of rotatable bonds is 2. The molecule has 0 aliphatic heterocycles. The fourth-order valence-corrected chi connectivity index (χ4v) is 2.94. The molecular weight excluding hydrogens is 338 g/mol. The predicted molar refractivity (Wildman–Crippen MR) is 85.6 cm³/mol. The van der Waals surface area contributed by atoms with E-state index >= 15 is 0 Å². The van der Waals surface area contributed by atoms with E-state index in [1.807, 2.05) is 37.3 Å². The second-order valence-corrected chi connectivity index (χ2v) is 5.98. The van der Waals surface area contributed by atoms with Crippen LogP contribution < -0.4 is 0 Å². The van der Waals surface area contributed by atoms with E-state index in [2.05, 4.69) is 20.9 Å². The first-order chi connectivity index (χ1) is 9.58. The van der Waals surface area contributed by atoms with Gasteiger partial charge in [0.05, 0.1) is 5.02 Å². The zero-order valence-corrected chi connectivity index (χ0v) is 13.0. The fraction of sp³-hybridized carbons (Fsp3) is 0.0625. The van der Waals surface area contributed by atoms with Crippen molar-refractivity contribution < 1.29 is 4.79 Å². The highest BCUT2D eigenvalue weighted by Crippen LogP contribution is 2.29. The van der Waals surface area contributed by atoms with E-state index in [9.17, 15) is 4.79 Å². The summed E-state index contributed by atoms with van der Waals surface area (Å²) < 4.78 is 0.886. The molecule has 0 unspecified atom stereocenters. The van der Waals surface area contributed by atoms with Gasteiger partial charge in [-0.1, -0.05) is 39.7 Å². The molecule has 2 nitrogen and oxygen atoms in total. The van der Waals surface area contributed by atoms with Crippen LogP contribution in [-0.4, -0.2) is 10.8 Å². The van der Waals surface area contributed by atoms with Gasteiger partial charge in [-0.15, -0.1) is 0 Å². The minimum atomic E-state index is -0.0249. The van der Waals surface area contributed by atoms with Crippen molar-refractivity contribution in [2.24, 2.45) is 0 Å². The summed E-state index contributed by atoms with van der Waals surface area (Å²) in [6, 6.07) is 11.3. The molecule has 0 fully saturated rings. The van der Waals surface area contributed by atoms with E-state index in [4.69, 9.17) is 11.6 Å². The lowest BCUT2D eigenvalue weighted by Crippen LogP contribution is -2.03. The molecule has 0 saturated carbocycles. The zero-order valence-electron chi connectivity index (χ0n) is 10.7. The molecule has 3 aromatic rings. The third kappa shape index (κ3) is 2.17. The Morgan fingerprint density at radius 1 is 1.20 bits per heavy atom. The van der Waals surface area contributed by atoms with E-state index in [1.54, 1.807) is 12.3 Å². The van der Waals surface area contributed by atoms with Gasteiger partial charge >= 0.3 is 0 Å². The van der Waals surface area contributed by atoms with Crippen molar-refractivity contribution >= 4 is 44.2 Å². The summed E-state index contributed by atoms with van der Waals surface area (Å²) in [4.78, 5) is 15.8. The van der Waals surface area contributed by atoms with Crippen LogP contribution in [0.1, 0.15) is 21.5 Å². The first kappa shape index (κ1) is 13.4. The summed E-state index contributed by atoms with van der Waals surface area (Å²) in [6.07, 6.45) is 1.72. The van der Waals surface area contributed by atoms with Crippen LogP contribution in [-0.2, 0) is 0 Å². The monoisotopic (exact) mass is 347 g/mol. The van der Waals surface area contributed by atoms with Crippen LogP contribution in [0.2, 0.25) is 5.02 Å². The third-order valence-electron chi connectivity index (χ3n) is 3.34. The van der Waals surface area contributed by atoms with Gasteiger partial charge < -0.3 is 4.98 Å². The van der Waals surface area contributed by atoms with E-state index in [1.165, 1.54) is 0 Å². The molecule has 4 heteroatoms. The van der Waals surface area contributed by atoms with Gasteiger partial charge in [-0.05, 0) is 36.8 Å². The number of fused-ring (bicyclic) bond motifs is 1. The molecule has 0 atom stereocenters. The van der Waals surface area contributed by atoms with E-state index in [0.717, 1.165) is 20.9 Å². The molecule has 1 N–H and O–H groups in total. The molecule has 0 aliphatic carbocycles. The molecule has 1 heterocycles. The van der Waals surface area contributed by atoms with Crippen LogP contribution in [0.4, 0.5) is 0 Å². The van der Waals surface area contributed by atoms with Crippen molar-refractivity contribution in [2.75, 3.05) is 0 Å². The van der Waals surface area contributed by atoms with Crippen molar-refractivity contribution in [3.8, 4) is 0 Å². The third-order valence-corrected chi connectivity index (χ3v) is 4.15. The van der Waals surface area contributed by atoms with E-state index < -0.39 is 0 Å². The molecule has 2 aromatic carbocycles. The number of H-pyrrole nitrogens is 1. The largest absolute Gasteiger partial charge is 0.360 e. The molecule has 20 heavy (non-hydrogen) atoms. The fourth-order valence-electron chi connectivity index (χ4n) is 2.30. The standard InChI is InChI=1S/C16H11BrClNO/c1-9-5-6-10(17)7-11(9)16(20)12-8-19-14-4-2-3-13(18)15(12)14/h2-8,19H,1H3. The topological polar surface area (TPSA) is 32.9 Å². The second-order valence-electron chi connectivity index (χ2n) is 4.65. The number of aromatic amines is 1. The molecule has 0 saturated heterocycles. The maximum atomic E-state index is 12.7. The number of ketones is 1. The van der Waals surface area contributed by atoms with Crippen LogP contribution in [0, 0.1) is 6.92 Å². The van der Waals surface area contributed by atoms with Crippen molar-refractivity contribution in [1.29, 1.82) is 0 Å². The molecule has 0 amide bonds. The number of aromatic nitrogens is 1. The second kappa shape index (κ2) is 5.08. The van der Waals surface area contributed by atoms with Gasteiger partial charge in [-0.25, -0.2) is 0 Å². The highest BCUT2D eigenvalue weighted by Gasteiger charge is 2.18. The zero-order chi connectivity index (χ0) is 14.3. The number of carbonyl (C=O) groups excluding carboxylic acids is 1. The van der Waals surface area contributed by atoms with E-state index in [-0.39, 0.29) is 5.78 Å². The molecule has 3 rings (SSSR count). The Labute approximate surface area is 129 Å². The lowest BCUT2D eigenvalue weighted by molar-refractivity contribution is 0.103. The number of benzene rings is 2. The van der Waals surface area contributed by atoms with Crippen LogP contribution in [0.3, 0.4) is 0 Å². The lowest BCUT2D eigenvalue weighted by Gasteiger charge is -2.05. The van der Waals surface area contributed by atoms with Crippen LogP contribution in [0.5, 0.6) is 0 Å². The molecule has 1 aromatic heterocycles. The molecule has 0 aliphatic rings. The maximum Gasteiger partial charge on any atom is 0.195 e. The molecule has 0 radical (unpaired) electrons. The van der Waals surface area contributed by atoms with Gasteiger partial charge in [0.2, 0.25) is 0 Å². The van der Waals surface area contributed by atoms with Crippen molar-refractivity contribution in [3.05, 3.63) is 68.8 Å². The van der Waals surface area contributed by atoms with Gasteiger partial charge in [-0.2, -0.15) is 0 Å². The highest BCUT2D eigenvalue weighted by atomic mass is 79.9. The Morgan fingerprint density at radius 3 is 2.80 bits per heavy atom. The van der Waals surface area contributed by atoms with Gasteiger partial charge in [-0.3, -0.25) is 4.79 Å². The summed E-state index contributed by atoms with van der Waals surface area (Å²) in [7, 11) is 0. The van der Waals surface area contributed by atoms with Crippen molar-refractivity contribution in [2.45, 2.75) is 6.92 Å². The minimum absolute atomic E-state index is 0.0249. The number of aryl methyl sites for hydroxylation is 1. The average molecular weight is 349 g/mol. The van der Waals surface area contributed by atoms with Gasteiger partial charge in [0.15, 0.2) is 5.78 Å². The number of nitrogens with one attached hydrogen (secondary N) is 1. The molecule has 0 spiro atoms.